The number of benzene rings is 1. The van der Waals surface area contributed by atoms with Crippen LogP contribution >= 0.6 is 0 Å². The van der Waals surface area contributed by atoms with Crippen LogP contribution in [0.15, 0.2) is 42.1 Å². The highest BCUT2D eigenvalue weighted by atomic mass is 28.3. The molecule has 0 amide bonds. The van der Waals surface area contributed by atoms with Crippen molar-refractivity contribution in [3.05, 3.63) is 47.7 Å². The molecule has 1 rings (SSSR count). The zero-order valence-corrected chi connectivity index (χ0v) is 19.8. The van der Waals surface area contributed by atoms with Crippen LogP contribution in [0.4, 0.5) is 0 Å². The van der Waals surface area contributed by atoms with E-state index in [4.69, 9.17) is 9.47 Å². The van der Waals surface area contributed by atoms with E-state index in [2.05, 4.69) is 39.5 Å². The zero-order chi connectivity index (χ0) is 21.7. The molecule has 5 heteroatoms. The Morgan fingerprint density at radius 2 is 1.59 bits per heavy atom. The summed E-state index contributed by atoms with van der Waals surface area (Å²) in [7, 11) is -1.45. The fourth-order valence-electron chi connectivity index (χ4n) is 3.46. The van der Waals surface area contributed by atoms with E-state index in [0.717, 1.165) is 25.7 Å². The third-order valence-electron chi connectivity index (χ3n) is 5.74. The Hall–Kier alpha value is -1.88. The first-order valence-electron chi connectivity index (χ1n) is 11.0. The van der Waals surface area contributed by atoms with E-state index >= 15 is 0 Å². The van der Waals surface area contributed by atoms with E-state index < -0.39 is 26.1 Å². The van der Waals surface area contributed by atoms with Gasteiger partial charge in [0.15, 0.2) is 0 Å². The zero-order valence-electron chi connectivity index (χ0n) is 18.8. The van der Waals surface area contributed by atoms with Gasteiger partial charge >= 0.3 is 11.9 Å². The van der Waals surface area contributed by atoms with E-state index in [1.54, 1.807) is 12.1 Å². The van der Waals surface area contributed by atoms with Gasteiger partial charge in [0.05, 0.1) is 8.07 Å². The molecule has 0 fully saturated rings. The van der Waals surface area contributed by atoms with Gasteiger partial charge in [-0.1, -0.05) is 101 Å². The lowest BCUT2D eigenvalue weighted by Crippen LogP contribution is -2.30. The molecule has 2 atom stereocenters. The largest absolute Gasteiger partial charge is 0.455 e. The highest BCUT2D eigenvalue weighted by molar-refractivity contribution is 6.84. The standard InChI is InChI=1S/C24H38O4Si/c1-6-10-12-17-22(18-19-29(7-2,8-3)9-4)28-24(26)23(27-20(5)25)21-15-13-11-14-16-21/h11,13-16,18-19,22-23H,6-10,12,17H2,1-5H3/b19-18+/t22-,23-/m0/s1. The highest BCUT2D eigenvalue weighted by Gasteiger charge is 2.28. The molecule has 0 aliphatic rings. The van der Waals surface area contributed by atoms with Crippen LogP contribution in [0.2, 0.25) is 18.1 Å². The monoisotopic (exact) mass is 418 g/mol. The number of hydrogen-bond acceptors (Lipinski definition) is 4. The molecule has 0 aromatic heterocycles. The molecule has 0 heterocycles. The van der Waals surface area contributed by atoms with Crippen LogP contribution in [0.1, 0.15) is 72.0 Å². The van der Waals surface area contributed by atoms with Crippen molar-refractivity contribution in [1.29, 1.82) is 0 Å². The van der Waals surface area contributed by atoms with Crippen LogP contribution in [0, 0.1) is 0 Å². The molecule has 1 aromatic rings. The number of hydrogen-bond donors (Lipinski definition) is 0. The van der Waals surface area contributed by atoms with Gasteiger partial charge in [0.2, 0.25) is 6.10 Å². The molecule has 0 bridgehead atoms. The Bertz CT molecular complexity index is 629. The minimum atomic E-state index is -1.45. The quantitative estimate of drug-likeness (QED) is 0.212. The molecule has 29 heavy (non-hydrogen) atoms. The lowest BCUT2D eigenvalue weighted by molar-refractivity contribution is -0.169. The Balaban J connectivity index is 3.02. The molecule has 0 spiro atoms. The molecule has 0 unspecified atom stereocenters. The SMILES string of the molecule is CCCCC[C@@H](/C=C/[Si](CC)(CC)CC)OC(=O)[C@@H](OC(C)=O)c1ccccc1. The summed E-state index contributed by atoms with van der Waals surface area (Å²) >= 11 is 0. The minimum Gasteiger partial charge on any atom is -0.455 e. The van der Waals surface area contributed by atoms with Crippen LogP contribution in [0.5, 0.6) is 0 Å². The van der Waals surface area contributed by atoms with E-state index in [-0.39, 0.29) is 6.10 Å². The van der Waals surface area contributed by atoms with Gasteiger partial charge < -0.3 is 9.47 Å². The molecule has 1 aromatic carbocycles. The first-order valence-corrected chi connectivity index (χ1v) is 13.7. The number of rotatable bonds is 13. The summed E-state index contributed by atoms with van der Waals surface area (Å²) in [6, 6.07) is 12.6. The van der Waals surface area contributed by atoms with E-state index in [0.29, 0.717) is 5.56 Å². The second-order valence-electron chi connectivity index (χ2n) is 7.65. The molecule has 4 nitrogen and oxygen atoms in total. The summed E-state index contributed by atoms with van der Waals surface area (Å²) < 4.78 is 11.2. The van der Waals surface area contributed by atoms with Crippen molar-refractivity contribution in [2.75, 3.05) is 0 Å². The predicted molar refractivity (Wildman–Crippen MR) is 121 cm³/mol. The van der Waals surface area contributed by atoms with Gasteiger partial charge in [-0.15, -0.1) is 0 Å². The van der Waals surface area contributed by atoms with Gasteiger partial charge in [0.25, 0.3) is 0 Å². The highest BCUT2D eigenvalue weighted by Crippen LogP contribution is 2.24. The van der Waals surface area contributed by atoms with Crippen molar-refractivity contribution in [3.63, 3.8) is 0 Å². The van der Waals surface area contributed by atoms with Crippen LogP contribution in [-0.2, 0) is 19.1 Å². The van der Waals surface area contributed by atoms with Gasteiger partial charge in [-0.2, -0.15) is 0 Å². The molecule has 0 saturated heterocycles. The molecule has 162 valence electrons. The molecular weight excluding hydrogens is 380 g/mol. The number of carbonyl (C=O) groups excluding carboxylic acids is 2. The summed E-state index contributed by atoms with van der Waals surface area (Å²) in [6.07, 6.45) is 4.80. The lowest BCUT2D eigenvalue weighted by atomic mass is 10.1. The molecule has 0 aliphatic carbocycles. The first-order chi connectivity index (χ1) is 13.9. The van der Waals surface area contributed by atoms with Crippen molar-refractivity contribution in [2.45, 2.75) is 90.6 Å². The van der Waals surface area contributed by atoms with E-state index in [1.807, 2.05) is 18.2 Å². The first kappa shape index (κ1) is 25.2. The van der Waals surface area contributed by atoms with Crippen LogP contribution < -0.4 is 0 Å². The third-order valence-corrected chi connectivity index (χ3v) is 10.9. The lowest BCUT2D eigenvalue weighted by Gasteiger charge is -2.25. The number of unbranched alkanes of at least 4 members (excludes halogenated alkanes) is 2. The van der Waals surface area contributed by atoms with Crippen molar-refractivity contribution in [1.82, 2.24) is 0 Å². The molecular formula is C24H38O4Si. The van der Waals surface area contributed by atoms with Crippen molar-refractivity contribution in [3.8, 4) is 0 Å². The number of ether oxygens (including phenoxy) is 2. The maximum Gasteiger partial charge on any atom is 0.352 e. The van der Waals surface area contributed by atoms with Gasteiger partial charge in [-0.3, -0.25) is 4.79 Å². The average molecular weight is 419 g/mol. The normalized spacial score (nSPS) is 13.8. The maximum atomic E-state index is 12.9. The number of carbonyl (C=O) groups is 2. The summed E-state index contributed by atoms with van der Waals surface area (Å²) in [5, 5.41) is 0. The van der Waals surface area contributed by atoms with Gasteiger partial charge in [0.1, 0.15) is 6.10 Å². The third kappa shape index (κ3) is 8.56. The van der Waals surface area contributed by atoms with Crippen LogP contribution in [-0.4, -0.2) is 26.1 Å². The van der Waals surface area contributed by atoms with E-state index in [1.165, 1.54) is 25.1 Å². The molecule has 0 aliphatic heterocycles. The van der Waals surface area contributed by atoms with E-state index in [9.17, 15) is 9.59 Å². The Kier molecular flexibility index (Phi) is 11.6. The Morgan fingerprint density at radius 3 is 2.10 bits per heavy atom. The predicted octanol–water partition coefficient (Wildman–Crippen LogP) is 6.39. The molecule has 0 N–H and O–H groups in total. The van der Waals surface area contributed by atoms with Crippen LogP contribution in [0.25, 0.3) is 0 Å². The Labute approximate surface area is 177 Å². The van der Waals surface area contributed by atoms with Crippen molar-refractivity contribution >= 4 is 20.0 Å². The fraction of sp³-hybridized carbons (Fsp3) is 0.583. The maximum absolute atomic E-state index is 12.9. The second kappa shape index (κ2) is 13.4. The summed E-state index contributed by atoms with van der Waals surface area (Å²) in [5.74, 6) is -1.00. The molecule has 0 radical (unpaired) electrons. The Morgan fingerprint density at radius 1 is 0.966 bits per heavy atom. The average Bonchev–Trinajstić information content (AvgIpc) is 2.73. The van der Waals surface area contributed by atoms with Gasteiger partial charge in [-0.05, 0) is 12.8 Å². The second-order valence-corrected chi connectivity index (χ2v) is 12.8. The molecule has 0 saturated carbocycles. The summed E-state index contributed by atoms with van der Waals surface area (Å²) in [6.45, 7) is 10.2. The minimum absolute atomic E-state index is 0.285. The van der Waals surface area contributed by atoms with Crippen molar-refractivity contribution in [2.24, 2.45) is 0 Å². The summed E-state index contributed by atoms with van der Waals surface area (Å²) in [4.78, 5) is 24.5. The van der Waals surface area contributed by atoms with Gasteiger partial charge in [0, 0.05) is 12.5 Å². The smallest absolute Gasteiger partial charge is 0.352 e. The van der Waals surface area contributed by atoms with Crippen molar-refractivity contribution < 1.29 is 19.1 Å². The summed E-state index contributed by atoms with van der Waals surface area (Å²) in [5.41, 5.74) is 2.99. The van der Waals surface area contributed by atoms with Crippen LogP contribution in [0.3, 0.4) is 0 Å². The topological polar surface area (TPSA) is 52.6 Å². The van der Waals surface area contributed by atoms with Gasteiger partial charge in [-0.25, -0.2) is 4.79 Å². The number of esters is 2. The fourth-order valence-corrected chi connectivity index (χ4v) is 6.29.